The topological polar surface area (TPSA) is 58.5 Å². The zero-order valence-corrected chi connectivity index (χ0v) is 14.7. The SMILES string of the molecule is CCOc1ccccc1CNC(=NC)NCCc1ncc(C)s1. The van der Waals surface area contributed by atoms with Gasteiger partial charge in [0.1, 0.15) is 5.75 Å². The highest BCUT2D eigenvalue weighted by molar-refractivity contribution is 7.11. The molecule has 0 aliphatic carbocycles. The molecule has 0 aliphatic heterocycles. The predicted molar refractivity (Wildman–Crippen MR) is 96.4 cm³/mol. The molecule has 0 bridgehead atoms. The summed E-state index contributed by atoms with van der Waals surface area (Å²) in [6.07, 6.45) is 2.81. The minimum Gasteiger partial charge on any atom is -0.494 e. The first-order chi connectivity index (χ1) is 11.2. The molecule has 0 radical (unpaired) electrons. The average Bonchev–Trinajstić information content (AvgIpc) is 2.97. The first kappa shape index (κ1) is 17.3. The molecule has 124 valence electrons. The summed E-state index contributed by atoms with van der Waals surface area (Å²) in [5.41, 5.74) is 1.12. The molecule has 2 rings (SSSR count). The first-order valence-corrected chi connectivity index (χ1v) is 8.61. The molecule has 0 amide bonds. The van der Waals surface area contributed by atoms with E-state index >= 15 is 0 Å². The number of thiazole rings is 1. The van der Waals surface area contributed by atoms with Crippen LogP contribution in [0.4, 0.5) is 0 Å². The van der Waals surface area contributed by atoms with Gasteiger partial charge in [0.2, 0.25) is 0 Å². The van der Waals surface area contributed by atoms with E-state index in [2.05, 4.69) is 33.6 Å². The van der Waals surface area contributed by atoms with Crippen molar-refractivity contribution >= 4 is 17.3 Å². The summed E-state index contributed by atoms with van der Waals surface area (Å²) in [5.74, 6) is 1.70. The number of nitrogens with zero attached hydrogens (tertiary/aromatic N) is 2. The van der Waals surface area contributed by atoms with Crippen LogP contribution in [0.2, 0.25) is 0 Å². The van der Waals surface area contributed by atoms with Crippen molar-refractivity contribution in [1.82, 2.24) is 15.6 Å². The number of hydrogen-bond acceptors (Lipinski definition) is 4. The smallest absolute Gasteiger partial charge is 0.191 e. The monoisotopic (exact) mass is 332 g/mol. The van der Waals surface area contributed by atoms with Crippen LogP contribution in [0.3, 0.4) is 0 Å². The second-order valence-corrected chi connectivity index (χ2v) is 6.33. The highest BCUT2D eigenvalue weighted by atomic mass is 32.1. The van der Waals surface area contributed by atoms with Crippen molar-refractivity contribution in [2.45, 2.75) is 26.8 Å². The fraction of sp³-hybridized carbons (Fsp3) is 0.412. The van der Waals surface area contributed by atoms with Crippen molar-refractivity contribution in [2.24, 2.45) is 4.99 Å². The molecule has 0 atom stereocenters. The van der Waals surface area contributed by atoms with Gasteiger partial charge in [0.05, 0.1) is 11.6 Å². The molecular formula is C17H24N4OS. The van der Waals surface area contributed by atoms with E-state index in [9.17, 15) is 0 Å². The second kappa shape index (κ2) is 9.15. The number of aliphatic imine (C=N–C) groups is 1. The van der Waals surface area contributed by atoms with Crippen LogP contribution in [-0.4, -0.2) is 31.1 Å². The molecule has 1 aromatic carbocycles. The Balaban J connectivity index is 1.81. The van der Waals surface area contributed by atoms with Gasteiger partial charge in [-0.15, -0.1) is 11.3 Å². The van der Waals surface area contributed by atoms with E-state index < -0.39 is 0 Å². The number of aryl methyl sites for hydroxylation is 1. The molecule has 0 aliphatic rings. The van der Waals surface area contributed by atoms with E-state index in [0.29, 0.717) is 13.2 Å². The van der Waals surface area contributed by atoms with E-state index in [1.165, 1.54) is 4.88 Å². The van der Waals surface area contributed by atoms with Crippen LogP contribution in [-0.2, 0) is 13.0 Å². The van der Waals surface area contributed by atoms with Crippen molar-refractivity contribution in [1.29, 1.82) is 0 Å². The summed E-state index contributed by atoms with van der Waals surface area (Å²) in [5, 5.41) is 7.78. The maximum atomic E-state index is 5.64. The third kappa shape index (κ3) is 5.56. The molecule has 23 heavy (non-hydrogen) atoms. The number of rotatable bonds is 7. The predicted octanol–water partition coefficient (Wildman–Crippen LogP) is 2.76. The zero-order valence-electron chi connectivity index (χ0n) is 13.9. The molecule has 0 spiro atoms. The minimum atomic E-state index is 0.664. The maximum Gasteiger partial charge on any atom is 0.191 e. The van der Waals surface area contributed by atoms with Gasteiger partial charge in [-0.1, -0.05) is 18.2 Å². The minimum absolute atomic E-state index is 0.664. The molecule has 5 nitrogen and oxygen atoms in total. The van der Waals surface area contributed by atoms with E-state index in [1.807, 2.05) is 31.3 Å². The molecule has 1 heterocycles. The third-order valence-electron chi connectivity index (χ3n) is 3.24. The first-order valence-electron chi connectivity index (χ1n) is 7.79. The van der Waals surface area contributed by atoms with Gasteiger partial charge in [-0.3, -0.25) is 4.99 Å². The average molecular weight is 332 g/mol. The molecule has 2 N–H and O–H groups in total. The van der Waals surface area contributed by atoms with Crippen LogP contribution in [0.1, 0.15) is 22.4 Å². The Kier molecular flexibility index (Phi) is 6.87. The Labute approximate surface area is 141 Å². The summed E-state index contributed by atoms with van der Waals surface area (Å²) in [4.78, 5) is 9.86. The molecule has 0 saturated carbocycles. The van der Waals surface area contributed by atoms with Crippen LogP contribution in [0.25, 0.3) is 0 Å². The number of hydrogen-bond donors (Lipinski definition) is 2. The van der Waals surface area contributed by atoms with Gasteiger partial charge in [0.15, 0.2) is 5.96 Å². The third-order valence-corrected chi connectivity index (χ3v) is 4.22. The molecular weight excluding hydrogens is 308 g/mol. The van der Waals surface area contributed by atoms with Crippen LogP contribution in [0.15, 0.2) is 35.5 Å². The standard InChI is InChI=1S/C17H24N4OS/c1-4-22-15-8-6-5-7-14(15)12-21-17(18-3)19-10-9-16-20-11-13(2)23-16/h5-8,11H,4,9-10,12H2,1-3H3,(H2,18,19,21). The summed E-state index contributed by atoms with van der Waals surface area (Å²) in [7, 11) is 1.78. The lowest BCUT2D eigenvalue weighted by molar-refractivity contribution is 0.336. The van der Waals surface area contributed by atoms with E-state index in [1.54, 1.807) is 18.4 Å². The van der Waals surface area contributed by atoms with Crippen molar-refractivity contribution < 1.29 is 4.74 Å². The van der Waals surface area contributed by atoms with Gasteiger partial charge in [0, 0.05) is 43.2 Å². The highest BCUT2D eigenvalue weighted by Crippen LogP contribution is 2.17. The number of aromatic nitrogens is 1. The number of nitrogens with one attached hydrogen (secondary N) is 2. The van der Waals surface area contributed by atoms with E-state index in [0.717, 1.165) is 35.2 Å². The van der Waals surface area contributed by atoms with Gasteiger partial charge >= 0.3 is 0 Å². The molecule has 0 unspecified atom stereocenters. The summed E-state index contributed by atoms with van der Waals surface area (Å²) >= 11 is 1.74. The largest absolute Gasteiger partial charge is 0.494 e. The van der Waals surface area contributed by atoms with Gasteiger partial charge in [-0.05, 0) is 19.9 Å². The van der Waals surface area contributed by atoms with E-state index in [4.69, 9.17) is 4.74 Å². The second-order valence-electron chi connectivity index (χ2n) is 5.01. The number of ether oxygens (including phenoxy) is 1. The van der Waals surface area contributed by atoms with Crippen LogP contribution in [0.5, 0.6) is 5.75 Å². The fourth-order valence-corrected chi connectivity index (χ4v) is 2.94. The van der Waals surface area contributed by atoms with Gasteiger partial charge < -0.3 is 15.4 Å². The van der Waals surface area contributed by atoms with Crippen molar-refractivity contribution in [3.05, 3.63) is 45.9 Å². The number of guanidine groups is 1. The fourth-order valence-electron chi connectivity index (χ4n) is 2.15. The van der Waals surface area contributed by atoms with Crippen LogP contribution < -0.4 is 15.4 Å². The normalized spacial score (nSPS) is 11.3. The van der Waals surface area contributed by atoms with Crippen molar-refractivity contribution in [3.8, 4) is 5.75 Å². The maximum absolute atomic E-state index is 5.64. The summed E-state index contributed by atoms with van der Waals surface area (Å²) in [6, 6.07) is 8.04. The Morgan fingerprint density at radius 1 is 1.30 bits per heavy atom. The Bertz CT molecular complexity index is 639. The Morgan fingerprint density at radius 3 is 2.83 bits per heavy atom. The molecule has 6 heteroatoms. The van der Waals surface area contributed by atoms with Crippen LogP contribution >= 0.6 is 11.3 Å². The highest BCUT2D eigenvalue weighted by Gasteiger charge is 2.04. The number of para-hydroxylation sites is 1. The lowest BCUT2D eigenvalue weighted by atomic mass is 10.2. The van der Waals surface area contributed by atoms with Gasteiger partial charge in [-0.25, -0.2) is 4.98 Å². The van der Waals surface area contributed by atoms with Crippen molar-refractivity contribution in [3.63, 3.8) is 0 Å². The zero-order chi connectivity index (χ0) is 16.5. The summed E-state index contributed by atoms with van der Waals surface area (Å²) < 4.78 is 5.64. The molecule has 2 aromatic rings. The van der Waals surface area contributed by atoms with Crippen molar-refractivity contribution in [2.75, 3.05) is 20.2 Å². The number of benzene rings is 1. The Morgan fingerprint density at radius 2 is 2.13 bits per heavy atom. The van der Waals surface area contributed by atoms with Gasteiger partial charge in [0.25, 0.3) is 0 Å². The molecule has 0 fully saturated rings. The molecule has 1 aromatic heterocycles. The quantitative estimate of drug-likeness (QED) is 0.605. The Hall–Kier alpha value is -2.08. The van der Waals surface area contributed by atoms with Crippen LogP contribution in [0, 0.1) is 6.92 Å². The lowest BCUT2D eigenvalue weighted by Crippen LogP contribution is -2.37. The molecule has 0 saturated heterocycles. The van der Waals surface area contributed by atoms with E-state index in [-0.39, 0.29) is 0 Å². The lowest BCUT2D eigenvalue weighted by Gasteiger charge is -2.14. The van der Waals surface area contributed by atoms with Gasteiger partial charge in [-0.2, -0.15) is 0 Å². The summed E-state index contributed by atoms with van der Waals surface area (Å²) in [6.45, 7) is 6.21.